The van der Waals surface area contributed by atoms with Gasteiger partial charge in [-0.2, -0.15) is 0 Å². The van der Waals surface area contributed by atoms with Crippen LogP contribution in [-0.4, -0.2) is 37.0 Å². The summed E-state index contributed by atoms with van der Waals surface area (Å²) in [6, 6.07) is 7.74. The molecule has 1 fully saturated rings. The second-order valence-corrected chi connectivity index (χ2v) is 6.16. The van der Waals surface area contributed by atoms with Crippen molar-refractivity contribution in [2.45, 2.75) is 25.1 Å². The summed E-state index contributed by atoms with van der Waals surface area (Å²) < 4.78 is 0. The molecular formula is C16H23BrN2O. The van der Waals surface area contributed by atoms with E-state index in [0.717, 1.165) is 43.2 Å². The number of benzene rings is 1. The number of nitrogens with zero attached hydrogens (tertiary/aromatic N) is 1. The zero-order valence-electron chi connectivity index (χ0n) is 12.1. The van der Waals surface area contributed by atoms with Gasteiger partial charge in [0.2, 0.25) is 0 Å². The molecule has 4 heteroatoms. The van der Waals surface area contributed by atoms with Crippen LogP contribution < -0.4 is 5.32 Å². The lowest BCUT2D eigenvalue weighted by atomic mass is 10.0. The van der Waals surface area contributed by atoms with Gasteiger partial charge in [-0.15, -0.1) is 0 Å². The molecule has 0 aliphatic carbocycles. The predicted molar refractivity (Wildman–Crippen MR) is 86.2 cm³/mol. The maximum atomic E-state index is 12.2. The summed E-state index contributed by atoms with van der Waals surface area (Å²) in [6.07, 6.45) is 2.61. The molecule has 1 aromatic carbocycles. The van der Waals surface area contributed by atoms with Crippen LogP contribution in [0.3, 0.4) is 0 Å². The van der Waals surface area contributed by atoms with Crippen LogP contribution in [0.25, 0.3) is 0 Å². The van der Waals surface area contributed by atoms with Crippen LogP contribution in [0.2, 0.25) is 0 Å². The van der Waals surface area contributed by atoms with E-state index < -0.39 is 0 Å². The molecular weight excluding hydrogens is 316 g/mol. The number of nitrogens with one attached hydrogen (secondary N) is 1. The maximum absolute atomic E-state index is 12.2. The van der Waals surface area contributed by atoms with Gasteiger partial charge in [-0.3, -0.25) is 4.79 Å². The Labute approximate surface area is 129 Å². The summed E-state index contributed by atoms with van der Waals surface area (Å²) in [7, 11) is 0. The number of piperidine rings is 1. The Kier molecular flexibility index (Phi) is 6.05. The fraction of sp³-hybridized carbons (Fsp3) is 0.562. The average molecular weight is 339 g/mol. The van der Waals surface area contributed by atoms with Crippen LogP contribution in [0.4, 0.5) is 0 Å². The number of hydrogen-bond donors (Lipinski definition) is 1. The smallest absolute Gasteiger partial charge is 0.251 e. The molecule has 1 aliphatic rings. The van der Waals surface area contributed by atoms with Crippen LogP contribution in [-0.2, 0) is 5.33 Å². The highest BCUT2D eigenvalue weighted by Gasteiger charge is 2.16. The number of hydrogen-bond acceptors (Lipinski definition) is 2. The Morgan fingerprint density at radius 1 is 1.45 bits per heavy atom. The first-order valence-corrected chi connectivity index (χ1v) is 8.47. The molecule has 0 radical (unpaired) electrons. The topological polar surface area (TPSA) is 32.3 Å². The Balaban J connectivity index is 1.80. The lowest BCUT2D eigenvalue weighted by molar-refractivity contribution is 0.0943. The van der Waals surface area contributed by atoms with E-state index in [1.54, 1.807) is 0 Å². The van der Waals surface area contributed by atoms with Gasteiger partial charge >= 0.3 is 0 Å². The van der Waals surface area contributed by atoms with Gasteiger partial charge < -0.3 is 10.2 Å². The number of rotatable bonds is 5. The number of alkyl halides is 1. The monoisotopic (exact) mass is 338 g/mol. The van der Waals surface area contributed by atoms with Gasteiger partial charge in [-0.25, -0.2) is 0 Å². The van der Waals surface area contributed by atoms with Crippen molar-refractivity contribution in [2.24, 2.45) is 5.92 Å². The molecule has 1 atom stereocenters. The second kappa shape index (κ2) is 7.79. The fourth-order valence-corrected chi connectivity index (χ4v) is 3.26. The number of halogens is 1. The predicted octanol–water partition coefficient (Wildman–Crippen LogP) is 3.04. The molecule has 1 N–H and O–H groups in total. The molecule has 0 aromatic heterocycles. The van der Waals surface area contributed by atoms with Crippen molar-refractivity contribution in [3.8, 4) is 0 Å². The minimum atomic E-state index is 0.0325. The third-order valence-electron chi connectivity index (χ3n) is 3.86. The zero-order chi connectivity index (χ0) is 14.4. The number of carbonyl (C=O) groups is 1. The van der Waals surface area contributed by atoms with E-state index in [0.29, 0.717) is 5.33 Å². The van der Waals surface area contributed by atoms with Gasteiger partial charge in [0.15, 0.2) is 0 Å². The Hall–Kier alpha value is -0.870. The van der Waals surface area contributed by atoms with Crippen LogP contribution >= 0.6 is 15.9 Å². The quantitative estimate of drug-likeness (QED) is 0.837. The van der Waals surface area contributed by atoms with E-state index in [1.807, 2.05) is 24.3 Å². The van der Waals surface area contributed by atoms with Crippen molar-refractivity contribution < 1.29 is 4.79 Å². The third kappa shape index (κ3) is 4.32. The SMILES string of the molecule is CC1CCCN(CCNC(=O)c2ccccc2CBr)C1. The van der Waals surface area contributed by atoms with Gasteiger partial charge in [-0.1, -0.05) is 41.1 Å². The summed E-state index contributed by atoms with van der Waals surface area (Å²) >= 11 is 3.43. The second-order valence-electron chi connectivity index (χ2n) is 5.59. The third-order valence-corrected chi connectivity index (χ3v) is 4.46. The van der Waals surface area contributed by atoms with E-state index in [-0.39, 0.29) is 5.91 Å². The Morgan fingerprint density at radius 3 is 3.00 bits per heavy atom. The first-order valence-electron chi connectivity index (χ1n) is 7.35. The number of likely N-dealkylation sites (tertiary alicyclic amines) is 1. The van der Waals surface area contributed by atoms with Crippen molar-refractivity contribution in [3.63, 3.8) is 0 Å². The molecule has 0 spiro atoms. The summed E-state index contributed by atoms with van der Waals surface area (Å²) in [5.41, 5.74) is 1.81. The molecule has 1 aliphatic heterocycles. The van der Waals surface area contributed by atoms with E-state index in [9.17, 15) is 4.79 Å². The summed E-state index contributed by atoms with van der Waals surface area (Å²) in [5, 5.41) is 3.74. The van der Waals surface area contributed by atoms with Crippen molar-refractivity contribution in [1.29, 1.82) is 0 Å². The van der Waals surface area contributed by atoms with Gasteiger partial charge in [0.1, 0.15) is 0 Å². The van der Waals surface area contributed by atoms with Crippen molar-refractivity contribution in [3.05, 3.63) is 35.4 Å². The van der Waals surface area contributed by atoms with E-state index in [2.05, 4.69) is 33.1 Å². The lowest BCUT2D eigenvalue weighted by Gasteiger charge is -2.30. The number of amides is 1. The van der Waals surface area contributed by atoms with Crippen LogP contribution in [0.15, 0.2) is 24.3 Å². The Morgan fingerprint density at radius 2 is 2.25 bits per heavy atom. The molecule has 1 heterocycles. The molecule has 1 aromatic rings. The minimum absolute atomic E-state index is 0.0325. The van der Waals surface area contributed by atoms with Crippen molar-refractivity contribution in [1.82, 2.24) is 10.2 Å². The number of carbonyl (C=O) groups excluding carboxylic acids is 1. The molecule has 0 saturated carbocycles. The lowest BCUT2D eigenvalue weighted by Crippen LogP contribution is -2.40. The van der Waals surface area contributed by atoms with Crippen molar-refractivity contribution >= 4 is 21.8 Å². The highest BCUT2D eigenvalue weighted by atomic mass is 79.9. The zero-order valence-corrected chi connectivity index (χ0v) is 13.7. The van der Waals surface area contributed by atoms with Gasteiger partial charge in [0.05, 0.1) is 0 Å². The standard InChI is InChI=1S/C16H23BrN2O/c1-13-5-4-9-19(12-13)10-8-18-16(20)15-7-3-2-6-14(15)11-17/h2-3,6-7,13H,4-5,8-12H2,1H3,(H,18,20). The van der Waals surface area contributed by atoms with Gasteiger partial charge in [-0.05, 0) is 36.9 Å². The highest BCUT2D eigenvalue weighted by molar-refractivity contribution is 9.08. The molecule has 0 bridgehead atoms. The fourth-order valence-electron chi connectivity index (χ4n) is 2.77. The van der Waals surface area contributed by atoms with E-state index in [4.69, 9.17) is 0 Å². The maximum Gasteiger partial charge on any atom is 0.251 e. The molecule has 1 unspecified atom stereocenters. The van der Waals surface area contributed by atoms with Crippen LogP contribution in [0.5, 0.6) is 0 Å². The van der Waals surface area contributed by atoms with Crippen LogP contribution in [0, 0.1) is 5.92 Å². The summed E-state index contributed by atoms with van der Waals surface area (Å²) in [4.78, 5) is 14.6. The molecule has 1 amide bonds. The van der Waals surface area contributed by atoms with Crippen molar-refractivity contribution in [2.75, 3.05) is 26.2 Å². The van der Waals surface area contributed by atoms with E-state index in [1.165, 1.54) is 12.8 Å². The normalized spacial score (nSPS) is 19.8. The molecule has 110 valence electrons. The Bertz CT molecular complexity index is 450. The van der Waals surface area contributed by atoms with E-state index >= 15 is 0 Å². The summed E-state index contributed by atoms with van der Waals surface area (Å²) in [5.74, 6) is 0.818. The molecule has 3 nitrogen and oxygen atoms in total. The highest BCUT2D eigenvalue weighted by Crippen LogP contribution is 2.15. The molecule has 20 heavy (non-hydrogen) atoms. The van der Waals surface area contributed by atoms with Crippen LogP contribution in [0.1, 0.15) is 35.7 Å². The average Bonchev–Trinajstić information content (AvgIpc) is 2.47. The largest absolute Gasteiger partial charge is 0.351 e. The molecule has 1 saturated heterocycles. The van der Waals surface area contributed by atoms with Gasteiger partial charge in [0, 0.05) is 30.5 Å². The molecule has 2 rings (SSSR count). The first kappa shape index (κ1) is 15.5. The first-order chi connectivity index (χ1) is 9.70. The van der Waals surface area contributed by atoms with Gasteiger partial charge in [0.25, 0.3) is 5.91 Å². The minimum Gasteiger partial charge on any atom is -0.351 e. The summed E-state index contributed by atoms with van der Waals surface area (Å²) in [6.45, 7) is 6.30.